The second kappa shape index (κ2) is 9.50. The summed E-state index contributed by atoms with van der Waals surface area (Å²) >= 11 is 0.764. The van der Waals surface area contributed by atoms with E-state index in [2.05, 4.69) is 4.74 Å². The molecule has 2 N–H and O–H groups in total. The number of esters is 1. The van der Waals surface area contributed by atoms with Crippen molar-refractivity contribution in [2.45, 2.75) is 32.6 Å². The number of hydrogen-bond donors (Lipinski definition) is 2. The van der Waals surface area contributed by atoms with Crippen LogP contribution in [0.5, 0.6) is 5.75 Å². The molecule has 0 bridgehead atoms. The van der Waals surface area contributed by atoms with E-state index in [9.17, 15) is 31.3 Å². The van der Waals surface area contributed by atoms with Crippen molar-refractivity contribution >= 4 is 35.0 Å². The zero-order valence-corrected chi connectivity index (χ0v) is 19.0. The van der Waals surface area contributed by atoms with Crippen molar-refractivity contribution < 1.29 is 45.8 Å². The molecule has 5 nitrogen and oxygen atoms in total. The first kappa shape index (κ1) is 25.3. The van der Waals surface area contributed by atoms with Gasteiger partial charge in [0.25, 0.3) is 0 Å². The number of hydrogen-bond acceptors (Lipinski definition) is 4. The zero-order chi connectivity index (χ0) is 24.7. The van der Waals surface area contributed by atoms with Crippen molar-refractivity contribution in [2.24, 2.45) is 5.92 Å². The van der Waals surface area contributed by atoms with Gasteiger partial charge in [-0.05, 0) is 41.5 Å². The lowest BCUT2D eigenvalue weighted by Crippen LogP contribution is -2.14. The number of halogens is 5. The van der Waals surface area contributed by atoms with Gasteiger partial charge in [0.05, 0.1) is 0 Å². The van der Waals surface area contributed by atoms with E-state index >= 15 is 0 Å². The first-order valence-corrected chi connectivity index (χ1v) is 12.1. The van der Waals surface area contributed by atoms with E-state index in [0.29, 0.717) is 11.1 Å². The molecule has 0 amide bonds. The molecular weight excluding hydrogens is 490 g/mol. The second-order valence-corrected chi connectivity index (χ2v) is 10.2. The van der Waals surface area contributed by atoms with Crippen LogP contribution in [0.3, 0.4) is 0 Å². The lowest BCUT2D eigenvalue weighted by atomic mass is 9.97. The molecule has 0 unspecified atom stereocenters. The molecule has 3 rings (SSSR count). The smallest absolute Gasteiger partial charge is 0.363 e. The summed E-state index contributed by atoms with van der Waals surface area (Å²) in [6, 6.07) is 4.63. The van der Waals surface area contributed by atoms with Gasteiger partial charge in [-0.1, -0.05) is 26.3 Å². The fourth-order valence-corrected chi connectivity index (χ4v) is 4.53. The van der Waals surface area contributed by atoms with E-state index in [0.717, 1.165) is 29.5 Å². The summed E-state index contributed by atoms with van der Waals surface area (Å²) in [5.74, 6) is -12.7. The monoisotopic (exact) mass is 508 g/mol. The molecule has 1 heterocycles. The van der Waals surface area contributed by atoms with Crippen LogP contribution in [-0.4, -0.2) is 15.8 Å². The number of carbonyl (C=O) groups is 1. The van der Waals surface area contributed by atoms with Gasteiger partial charge >= 0.3 is 13.6 Å². The molecule has 12 heteroatoms. The third-order valence-corrected chi connectivity index (χ3v) is 7.06. The van der Waals surface area contributed by atoms with Gasteiger partial charge in [-0.25, -0.2) is 18.0 Å². The number of ether oxygens (including phenoxy) is 1. The van der Waals surface area contributed by atoms with Gasteiger partial charge in [-0.2, -0.15) is 8.78 Å². The fourth-order valence-electron chi connectivity index (χ4n) is 3.07. The minimum absolute atomic E-state index is 0.197. The van der Waals surface area contributed by atoms with E-state index < -0.39 is 54.1 Å². The molecule has 0 fully saturated rings. The summed E-state index contributed by atoms with van der Waals surface area (Å²) in [5, 5.41) is 0.197. The van der Waals surface area contributed by atoms with E-state index in [-0.39, 0.29) is 28.2 Å². The fraction of sp³-hybridized carbons (Fsp3) is 0.286. The Bertz CT molecular complexity index is 1240. The van der Waals surface area contributed by atoms with Crippen molar-refractivity contribution in [1.82, 2.24) is 0 Å². The van der Waals surface area contributed by atoms with Crippen LogP contribution >= 0.6 is 18.9 Å². The van der Waals surface area contributed by atoms with Gasteiger partial charge in [0, 0.05) is 10.3 Å². The molecule has 2 atom stereocenters. The van der Waals surface area contributed by atoms with Crippen molar-refractivity contribution in [3.05, 3.63) is 63.5 Å². The molecule has 0 spiro atoms. The first-order chi connectivity index (χ1) is 15.3. The minimum atomic E-state index is -5.06. The quantitative estimate of drug-likeness (QED) is 0.127. The Morgan fingerprint density at radius 2 is 1.70 bits per heavy atom. The van der Waals surface area contributed by atoms with Crippen LogP contribution in [0, 0.1) is 29.2 Å². The van der Waals surface area contributed by atoms with Crippen LogP contribution in [0.1, 0.15) is 47.0 Å². The van der Waals surface area contributed by atoms with Crippen molar-refractivity contribution in [1.29, 1.82) is 0 Å². The summed E-state index contributed by atoms with van der Waals surface area (Å²) < 4.78 is 87.6. The highest BCUT2D eigenvalue weighted by Gasteiger charge is 2.31. The molecule has 0 aliphatic carbocycles. The SMILES string of the molecule is CC[C@H](C)Cc1c(F)c(F)c(OC(=O)c2cc3cc([C@H](F)P(=O)(O)O)ccc3s2)c(F)c1F. The molecular formula is C21H18F5O5PS. The largest absolute Gasteiger partial charge is 0.416 e. The molecule has 3 aromatic rings. The summed E-state index contributed by atoms with van der Waals surface area (Å²) in [6.45, 7) is 3.40. The second-order valence-electron chi connectivity index (χ2n) is 7.50. The van der Waals surface area contributed by atoms with Crippen LogP contribution in [0.15, 0.2) is 24.3 Å². The van der Waals surface area contributed by atoms with E-state index in [1.54, 1.807) is 13.8 Å². The minimum Gasteiger partial charge on any atom is -0.416 e. The Labute approximate surface area is 189 Å². The highest BCUT2D eigenvalue weighted by Crippen LogP contribution is 2.53. The molecule has 0 radical (unpaired) electrons. The van der Waals surface area contributed by atoms with Gasteiger partial charge in [-0.3, -0.25) is 4.57 Å². The maximum absolute atomic E-state index is 14.4. The van der Waals surface area contributed by atoms with Gasteiger partial charge in [-0.15, -0.1) is 11.3 Å². The number of rotatable bonds is 7. The van der Waals surface area contributed by atoms with Crippen molar-refractivity contribution in [3.63, 3.8) is 0 Å². The Hall–Kier alpha value is -2.33. The van der Waals surface area contributed by atoms with Crippen LogP contribution < -0.4 is 4.74 Å². The van der Waals surface area contributed by atoms with Gasteiger partial charge in [0.2, 0.25) is 23.3 Å². The number of benzene rings is 2. The van der Waals surface area contributed by atoms with Gasteiger partial charge in [0.15, 0.2) is 11.6 Å². The van der Waals surface area contributed by atoms with Gasteiger partial charge in [0.1, 0.15) is 4.88 Å². The Morgan fingerprint density at radius 3 is 2.24 bits per heavy atom. The lowest BCUT2D eigenvalue weighted by molar-refractivity contribution is 0.0722. The molecule has 1 aromatic heterocycles. The molecule has 178 valence electrons. The Balaban J connectivity index is 1.93. The van der Waals surface area contributed by atoms with E-state index in [1.807, 2.05) is 0 Å². The number of thiophene rings is 1. The molecule has 33 heavy (non-hydrogen) atoms. The van der Waals surface area contributed by atoms with Gasteiger partial charge < -0.3 is 14.5 Å². The topological polar surface area (TPSA) is 83.8 Å². The third-order valence-electron chi connectivity index (χ3n) is 5.07. The number of carbonyl (C=O) groups excluding carboxylic acids is 1. The summed E-state index contributed by atoms with van der Waals surface area (Å²) in [4.78, 5) is 30.1. The average Bonchev–Trinajstić information content (AvgIpc) is 3.20. The predicted octanol–water partition coefficient (Wildman–Crippen LogP) is 6.41. The summed E-state index contributed by atoms with van der Waals surface area (Å²) in [7, 11) is -5.06. The summed E-state index contributed by atoms with van der Waals surface area (Å²) in [5.41, 5.74) is -1.12. The molecule has 0 aliphatic rings. The van der Waals surface area contributed by atoms with Crippen LogP contribution in [0.4, 0.5) is 22.0 Å². The molecule has 2 aromatic carbocycles. The Morgan fingerprint density at radius 1 is 1.09 bits per heavy atom. The zero-order valence-electron chi connectivity index (χ0n) is 17.2. The predicted molar refractivity (Wildman–Crippen MR) is 112 cm³/mol. The van der Waals surface area contributed by atoms with Crippen LogP contribution in [-0.2, 0) is 11.0 Å². The van der Waals surface area contributed by atoms with Crippen molar-refractivity contribution in [3.8, 4) is 5.75 Å². The standard InChI is InChI=1S/C21H18F5O5PS/c1-3-9(2)6-12-15(22)17(24)19(18(25)16(12)23)31-21(27)14-8-11-7-10(4-5-13(11)33-14)20(26)32(28,29)30/h4-5,7-9,20H,3,6H2,1-2H3,(H2,28,29,30)/t9-,20+/m0/s1. The number of alkyl halides is 1. The average molecular weight is 508 g/mol. The maximum atomic E-state index is 14.4. The van der Waals surface area contributed by atoms with Crippen molar-refractivity contribution in [2.75, 3.05) is 0 Å². The third kappa shape index (κ3) is 5.11. The first-order valence-electron chi connectivity index (χ1n) is 9.64. The molecule has 0 saturated carbocycles. The highest BCUT2D eigenvalue weighted by atomic mass is 32.1. The van der Waals surface area contributed by atoms with Crippen LogP contribution in [0.2, 0.25) is 0 Å². The van der Waals surface area contributed by atoms with Crippen LogP contribution in [0.25, 0.3) is 10.1 Å². The molecule has 0 saturated heterocycles. The Kier molecular flexibility index (Phi) is 7.28. The lowest BCUT2D eigenvalue weighted by Gasteiger charge is -2.14. The summed E-state index contributed by atoms with van der Waals surface area (Å²) in [6.07, 6.45) is 0.267. The highest BCUT2D eigenvalue weighted by molar-refractivity contribution is 7.51. The molecule has 0 aliphatic heterocycles. The van der Waals surface area contributed by atoms with E-state index in [1.165, 1.54) is 6.07 Å². The maximum Gasteiger partial charge on any atom is 0.363 e. The normalized spacial score (nSPS) is 13.8. The number of fused-ring (bicyclic) bond motifs is 1. The van der Waals surface area contributed by atoms with E-state index in [4.69, 9.17) is 9.79 Å².